The topological polar surface area (TPSA) is 32.3 Å². The Labute approximate surface area is 112 Å². The molecule has 1 aliphatic rings. The maximum Gasteiger partial charge on any atom is 0.0649 e. The van der Waals surface area contributed by atoms with Crippen molar-refractivity contribution < 1.29 is 5.11 Å². The summed E-state index contributed by atoms with van der Waals surface area (Å²) in [7, 11) is 0. The Morgan fingerprint density at radius 2 is 2.41 bits per heavy atom. The predicted octanol–water partition coefficient (Wildman–Crippen LogP) is 3.42. The fraction of sp³-hybridized carbons (Fsp3) is 0.692. The van der Waals surface area contributed by atoms with Gasteiger partial charge in [-0.05, 0) is 42.8 Å². The highest BCUT2D eigenvalue weighted by atomic mass is 32.2. The molecular formula is C13H21NOS2. The number of rotatable bonds is 5. The maximum atomic E-state index is 9.55. The van der Waals surface area contributed by atoms with E-state index in [1.165, 1.54) is 16.2 Å². The van der Waals surface area contributed by atoms with Gasteiger partial charge in [0, 0.05) is 11.3 Å². The number of fused-ring (bicyclic) bond motifs is 1. The lowest BCUT2D eigenvalue weighted by Crippen LogP contribution is -2.28. The molecule has 2 unspecified atom stereocenters. The van der Waals surface area contributed by atoms with Gasteiger partial charge in [-0.15, -0.1) is 23.1 Å². The molecule has 2 rings (SSSR count). The lowest BCUT2D eigenvalue weighted by molar-refractivity contribution is 0.158. The third-order valence-corrected chi connectivity index (χ3v) is 5.59. The van der Waals surface area contributed by atoms with Crippen molar-refractivity contribution in [2.75, 3.05) is 6.54 Å². The highest BCUT2D eigenvalue weighted by molar-refractivity contribution is 8.01. The van der Waals surface area contributed by atoms with Crippen molar-refractivity contribution in [2.24, 2.45) is 0 Å². The number of nitrogens with one attached hydrogen (secondary N) is 1. The minimum absolute atomic E-state index is 0.153. The minimum atomic E-state index is -0.153. The molecule has 0 aromatic carbocycles. The zero-order valence-electron chi connectivity index (χ0n) is 10.5. The average Bonchev–Trinajstić information content (AvgIpc) is 2.76. The first-order valence-corrected chi connectivity index (χ1v) is 8.12. The van der Waals surface area contributed by atoms with Crippen LogP contribution in [0.1, 0.15) is 44.7 Å². The van der Waals surface area contributed by atoms with E-state index in [0.717, 1.165) is 19.4 Å². The molecule has 0 spiro atoms. The lowest BCUT2D eigenvalue weighted by atomic mass is 10.0. The molecule has 1 aliphatic heterocycles. The van der Waals surface area contributed by atoms with Crippen LogP contribution in [0.25, 0.3) is 0 Å². The van der Waals surface area contributed by atoms with Gasteiger partial charge in [0.2, 0.25) is 0 Å². The SMILES string of the molecule is CCC(O)CCNC1C[C@H](C)Sc2sccc21. The average molecular weight is 271 g/mol. The van der Waals surface area contributed by atoms with Crippen molar-refractivity contribution in [1.29, 1.82) is 0 Å². The van der Waals surface area contributed by atoms with Crippen molar-refractivity contribution in [1.82, 2.24) is 5.32 Å². The maximum absolute atomic E-state index is 9.55. The Hall–Kier alpha value is -0.0300. The Bertz CT molecular complexity index is 353. The molecule has 3 atom stereocenters. The van der Waals surface area contributed by atoms with E-state index in [1.807, 2.05) is 30.0 Å². The van der Waals surface area contributed by atoms with Gasteiger partial charge < -0.3 is 10.4 Å². The van der Waals surface area contributed by atoms with Crippen molar-refractivity contribution >= 4 is 23.1 Å². The quantitative estimate of drug-likeness (QED) is 0.860. The lowest BCUT2D eigenvalue weighted by Gasteiger charge is -2.28. The molecule has 0 bridgehead atoms. The van der Waals surface area contributed by atoms with Crippen molar-refractivity contribution in [3.63, 3.8) is 0 Å². The van der Waals surface area contributed by atoms with E-state index in [-0.39, 0.29) is 6.10 Å². The molecule has 2 heterocycles. The highest BCUT2D eigenvalue weighted by Crippen LogP contribution is 2.43. The zero-order valence-corrected chi connectivity index (χ0v) is 12.1. The summed E-state index contributed by atoms with van der Waals surface area (Å²) in [5, 5.41) is 16.0. The van der Waals surface area contributed by atoms with Gasteiger partial charge in [0.1, 0.15) is 0 Å². The van der Waals surface area contributed by atoms with E-state index < -0.39 is 0 Å². The normalized spacial score (nSPS) is 25.6. The van der Waals surface area contributed by atoms with Gasteiger partial charge in [0.15, 0.2) is 0 Å². The van der Waals surface area contributed by atoms with Crippen LogP contribution in [0, 0.1) is 0 Å². The molecule has 2 nitrogen and oxygen atoms in total. The monoisotopic (exact) mass is 271 g/mol. The highest BCUT2D eigenvalue weighted by Gasteiger charge is 2.25. The van der Waals surface area contributed by atoms with Crippen LogP contribution in [-0.4, -0.2) is 23.0 Å². The third kappa shape index (κ3) is 3.47. The van der Waals surface area contributed by atoms with Crippen LogP contribution in [0.3, 0.4) is 0 Å². The van der Waals surface area contributed by atoms with Crippen molar-refractivity contribution in [2.45, 2.75) is 54.7 Å². The summed E-state index contributed by atoms with van der Waals surface area (Å²) in [6.45, 7) is 5.23. The predicted molar refractivity (Wildman–Crippen MR) is 75.9 cm³/mol. The smallest absolute Gasteiger partial charge is 0.0649 e. The summed E-state index contributed by atoms with van der Waals surface area (Å²) < 4.78 is 1.47. The second-order valence-corrected chi connectivity index (χ2v) is 7.31. The van der Waals surface area contributed by atoms with Crippen LogP contribution in [0.5, 0.6) is 0 Å². The van der Waals surface area contributed by atoms with E-state index in [2.05, 4.69) is 23.7 Å². The van der Waals surface area contributed by atoms with Crippen LogP contribution in [0.2, 0.25) is 0 Å². The molecular weight excluding hydrogens is 250 g/mol. The van der Waals surface area contributed by atoms with Gasteiger partial charge in [0.05, 0.1) is 10.3 Å². The number of thioether (sulfide) groups is 1. The Kier molecular flexibility index (Phi) is 4.91. The van der Waals surface area contributed by atoms with Crippen LogP contribution >= 0.6 is 23.1 Å². The Morgan fingerprint density at radius 1 is 1.59 bits per heavy atom. The molecule has 0 fully saturated rings. The van der Waals surface area contributed by atoms with Crippen LogP contribution in [0.4, 0.5) is 0 Å². The molecule has 4 heteroatoms. The summed E-state index contributed by atoms with van der Waals surface area (Å²) >= 11 is 3.85. The summed E-state index contributed by atoms with van der Waals surface area (Å²) in [4.78, 5) is 0. The second-order valence-electron chi connectivity index (χ2n) is 4.69. The molecule has 0 aliphatic carbocycles. The fourth-order valence-electron chi connectivity index (χ4n) is 2.17. The van der Waals surface area contributed by atoms with Gasteiger partial charge in [0.25, 0.3) is 0 Å². The first-order valence-electron chi connectivity index (χ1n) is 6.36. The molecule has 0 amide bonds. The van der Waals surface area contributed by atoms with E-state index >= 15 is 0 Å². The first-order chi connectivity index (χ1) is 8.20. The Morgan fingerprint density at radius 3 is 3.18 bits per heavy atom. The third-order valence-electron chi connectivity index (χ3n) is 3.25. The van der Waals surface area contributed by atoms with Crippen LogP contribution in [-0.2, 0) is 0 Å². The van der Waals surface area contributed by atoms with Gasteiger partial charge in [-0.2, -0.15) is 0 Å². The van der Waals surface area contributed by atoms with Gasteiger partial charge in [-0.25, -0.2) is 0 Å². The molecule has 0 saturated heterocycles. The molecule has 1 aromatic heterocycles. The molecule has 17 heavy (non-hydrogen) atoms. The standard InChI is InChI=1S/C13H21NOS2/c1-3-10(15)4-6-14-12-8-9(2)17-13-11(12)5-7-16-13/h5,7,9-10,12,14-15H,3-4,6,8H2,1-2H3/t9-,10?,12?/m0/s1. The van der Waals surface area contributed by atoms with Crippen LogP contribution in [0.15, 0.2) is 15.7 Å². The summed E-state index contributed by atoms with van der Waals surface area (Å²) in [5.41, 5.74) is 1.46. The number of hydrogen-bond acceptors (Lipinski definition) is 4. The van der Waals surface area contributed by atoms with E-state index in [9.17, 15) is 5.11 Å². The number of thiophene rings is 1. The van der Waals surface area contributed by atoms with Gasteiger partial charge >= 0.3 is 0 Å². The fourth-order valence-corrected chi connectivity index (χ4v) is 4.74. The van der Waals surface area contributed by atoms with Crippen LogP contribution < -0.4 is 5.32 Å². The van der Waals surface area contributed by atoms with Crippen molar-refractivity contribution in [3.05, 3.63) is 17.0 Å². The van der Waals surface area contributed by atoms with E-state index in [0.29, 0.717) is 11.3 Å². The van der Waals surface area contributed by atoms with Gasteiger partial charge in [-0.1, -0.05) is 13.8 Å². The number of aliphatic hydroxyl groups excluding tert-OH is 1. The van der Waals surface area contributed by atoms with E-state index in [4.69, 9.17) is 0 Å². The minimum Gasteiger partial charge on any atom is -0.393 e. The number of aliphatic hydroxyl groups is 1. The molecule has 96 valence electrons. The largest absolute Gasteiger partial charge is 0.393 e. The molecule has 0 saturated carbocycles. The molecule has 0 radical (unpaired) electrons. The molecule has 1 aromatic rings. The first kappa shape index (κ1) is 13.4. The van der Waals surface area contributed by atoms with Gasteiger partial charge in [-0.3, -0.25) is 0 Å². The van der Waals surface area contributed by atoms with Crippen molar-refractivity contribution in [3.8, 4) is 0 Å². The second kappa shape index (κ2) is 6.23. The summed E-state index contributed by atoms with van der Waals surface area (Å²) in [6, 6.07) is 2.73. The summed E-state index contributed by atoms with van der Waals surface area (Å²) in [5.74, 6) is 0. The zero-order chi connectivity index (χ0) is 12.3. The molecule has 2 N–H and O–H groups in total. The number of hydrogen-bond donors (Lipinski definition) is 2. The summed E-state index contributed by atoms with van der Waals surface area (Å²) in [6.07, 6.45) is 2.74. The van der Waals surface area contributed by atoms with E-state index in [1.54, 1.807) is 0 Å². The Balaban J connectivity index is 1.89.